The molecule has 1 heterocycles. The number of rotatable bonds is 5. The van der Waals surface area contributed by atoms with Crippen molar-refractivity contribution in [3.63, 3.8) is 0 Å². The van der Waals surface area contributed by atoms with E-state index in [1.807, 2.05) is 59.5 Å². The summed E-state index contributed by atoms with van der Waals surface area (Å²) in [7, 11) is 0. The molecule has 0 aliphatic carbocycles. The van der Waals surface area contributed by atoms with Gasteiger partial charge in [-0.3, -0.25) is 4.79 Å². The quantitative estimate of drug-likeness (QED) is 0.893. The summed E-state index contributed by atoms with van der Waals surface area (Å²) in [6, 6.07) is 18.1. The van der Waals surface area contributed by atoms with Gasteiger partial charge in [0.15, 0.2) is 0 Å². The normalized spacial score (nSPS) is 15.4. The molecule has 0 radical (unpaired) electrons. The number of nitrogens with zero attached hydrogens (tertiary/aromatic N) is 1. The second kappa shape index (κ2) is 8.17. The van der Waals surface area contributed by atoms with Crippen molar-refractivity contribution in [3.05, 3.63) is 60.2 Å². The van der Waals surface area contributed by atoms with E-state index in [1.54, 1.807) is 0 Å². The summed E-state index contributed by atoms with van der Waals surface area (Å²) in [6.07, 6.45) is 2.03. The van der Waals surface area contributed by atoms with Gasteiger partial charge in [-0.15, -0.1) is 0 Å². The highest BCUT2D eigenvalue weighted by atomic mass is 16.5. The molecule has 132 valence electrons. The highest BCUT2D eigenvalue weighted by molar-refractivity contribution is 5.94. The SMILES string of the molecule is CC(C)NC1CCN(C(=O)c2ccc(Oc3ccccc3)cc2)CC1. The van der Waals surface area contributed by atoms with Crippen LogP contribution in [-0.2, 0) is 0 Å². The number of hydrogen-bond acceptors (Lipinski definition) is 3. The van der Waals surface area contributed by atoms with Crippen LogP contribution in [0.4, 0.5) is 0 Å². The number of hydrogen-bond donors (Lipinski definition) is 1. The van der Waals surface area contributed by atoms with Crippen molar-refractivity contribution in [2.45, 2.75) is 38.8 Å². The second-order valence-electron chi connectivity index (χ2n) is 6.83. The summed E-state index contributed by atoms with van der Waals surface area (Å²) >= 11 is 0. The molecule has 0 atom stereocenters. The second-order valence-corrected chi connectivity index (χ2v) is 6.83. The van der Waals surface area contributed by atoms with Gasteiger partial charge in [0.25, 0.3) is 5.91 Å². The van der Waals surface area contributed by atoms with Crippen molar-refractivity contribution in [1.29, 1.82) is 0 Å². The zero-order chi connectivity index (χ0) is 17.6. The Kier molecular flexibility index (Phi) is 5.71. The summed E-state index contributed by atoms with van der Waals surface area (Å²) in [5.41, 5.74) is 0.718. The molecule has 1 aliphatic heterocycles. The lowest BCUT2D eigenvalue weighted by Crippen LogP contribution is -2.46. The lowest BCUT2D eigenvalue weighted by molar-refractivity contribution is 0.0703. The Balaban J connectivity index is 1.56. The fourth-order valence-electron chi connectivity index (χ4n) is 3.19. The van der Waals surface area contributed by atoms with Gasteiger partial charge in [-0.05, 0) is 49.2 Å². The first kappa shape index (κ1) is 17.5. The topological polar surface area (TPSA) is 41.6 Å². The van der Waals surface area contributed by atoms with E-state index < -0.39 is 0 Å². The van der Waals surface area contributed by atoms with Crippen LogP contribution < -0.4 is 10.1 Å². The molecule has 1 fully saturated rings. The lowest BCUT2D eigenvalue weighted by Gasteiger charge is -2.33. The van der Waals surface area contributed by atoms with E-state index in [-0.39, 0.29) is 5.91 Å². The monoisotopic (exact) mass is 338 g/mol. The van der Waals surface area contributed by atoms with Gasteiger partial charge in [0, 0.05) is 30.7 Å². The summed E-state index contributed by atoms with van der Waals surface area (Å²) in [5, 5.41) is 3.56. The predicted octanol–water partition coefficient (Wildman–Crippen LogP) is 4.08. The Morgan fingerprint density at radius 3 is 2.20 bits per heavy atom. The van der Waals surface area contributed by atoms with Crippen LogP contribution in [0.25, 0.3) is 0 Å². The van der Waals surface area contributed by atoms with Crippen molar-refractivity contribution in [2.24, 2.45) is 0 Å². The fourth-order valence-corrected chi connectivity index (χ4v) is 3.19. The van der Waals surface area contributed by atoms with Gasteiger partial charge < -0.3 is 15.0 Å². The maximum atomic E-state index is 12.7. The number of amides is 1. The minimum Gasteiger partial charge on any atom is -0.457 e. The molecular formula is C21H26N2O2. The molecule has 25 heavy (non-hydrogen) atoms. The summed E-state index contributed by atoms with van der Waals surface area (Å²) in [6.45, 7) is 5.95. The van der Waals surface area contributed by atoms with E-state index in [2.05, 4.69) is 19.2 Å². The number of piperidine rings is 1. The van der Waals surface area contributed by atoms with Crippen molar-refractivity contribution >= 4 is 5.91 Å². The van der Waals surface area contributed by atoms with Gasteiger partial charge in [0.2, 0.25) is 0 Å². The third-order valence-corrected chi connectivity index (χ3v) is 4.43. The van der Waals surface area contributed by atoms with Crippen molar-refractivity contribution in [2.75, 3.05) is 13.1 Å². The predicted molar refractivity (Wildman–Crippen MR) is 100 cm³/mol. The molecule has 0 spiro atoms. The zero-order valence-electron chi connectivity index (χ0n) is 14.9. The number of para-hydroxylation sites is 1. The molecule has 4 nitrogen and oxygen atoms in total. The smallest absolute Gasteiger partial charge is 0.253 e. The molecule has 0 saturated carbocycles. The molecule has 1 aliphatic rings. The molecule has 0 unspecified atom stereocenters. The van der Waals surface area contributed by atoms with Crippen LogP contribution in [0.15, 0.2) is 54.6 Å². The Morgan fingerprint density at radius 1 is 1.00 bits per heavy atom. The molecule has 3 rings (SSSR count). The number of likely N-dealkylation sites (tertiary alicyclic amines) is 1. The van der Waals surface area contributed by atoms with E-state index in [1.165, 1.54) is 0 Å². The van der Waals surface area contributed by atoms with Crippen LogP contribution in [-0.4, -0.2) is 36.0 Å². The van der Waals surface area contributed by atoms with E-state index in [4.69, 9.17) is 4.74 Å². The van der Waals surface area contributed by atoms with Crippen LogP contribution in [0.5, 0.6) is 11.5 Å². The fraction of sp³-hybridized carbons (Fsp3) is 0.381. The summed E-state index contributed by atoms with van der Waals surface area (Å²) < 4.78 is 5.78. The van der Waals surface area contributed by atoms with Crippen LogP contribution in [0.1, 0.15) is 37.0 Å². The van der Waals surface area contributed by atoms with Gasteiger partial charge >= 0.3 is 0 Å². The first-order valence-electron chi connectivity index (χ1n) is 9.00. The van der Waals surface area contributed by atoms with E-state index in [0.717, 1.165) is 43.0 Å². The largest absolute Gasteiger partial charge is 0.457 e. The summed E-state index contributed by atoms with van der Waals surface area (Å²) in [5.74, 6) is 1.64. The zero-order valence-corrected chi connectivity index (χ0v) is 14.9. The third-order valence-electron chi connectivity index (χ3n) is 4.43. The highest BCUT2D eigenvalue weighted by Gasteiger charge is 2.23. The molecule has 1 saturated heterocycles. The summed E-state index contributed by atoms with van der Waals surface area (Å²) in [4.78, 5) is 14.6. The van der Waals surface area contributed by atoms with Gasteiger partial charge in [-0.2, -0.15) is 0 Å². The Labute approximate surface area is 149 Å². The first-order chi connectivity index (χ1) is 12.1. The van der Waals surface area contributed by atoms with Gasteiger partial charge in [-0.1, -0.05) is 32.0 Å². The maximum absolute atomic E-state index is 12.7. The van der Waals surface area contributed by atoms with Gasteiger partial charge in [0.05, 0.1) is 0 Å². The number of benzene rings is 2. The lowest BCUT2D eigenvalue weighted by atomic mass is 10.0. The number of carbonyl (C=O) groups excluding carboxylic acids is 1. The van der Waals surface area contributed by atoms with Crippen LogP contribution in [0.2, 0.25) is 0 Å². The van der Waals surface area contributed by atoms with E-state index in [0.29, 0.717) is 12.1 Å². The molecule has 0 aromatic heterocycles. The van der Waals surface area contributed by atoms with Gasteiger partial charge in [-0.25, -0.2) is 0 Å². The molecule has 4 heteroatoms. The molecule has 2 aromatic carbocycles. The van der Waals surface area contributed by atoms with Crippen LogP contribution in [0, 0.1) is 0 Å². The standard InChI is InChI=1S/C21H26N2O2/c1-16(2)22-18-12-14-23(15-13-18)21(24)17-8-10-20(11-9-17)25-19-6-4-3-5-7-19/h3-11,16,18,22H,12-15H2,1-2H3. The first-order valence-corrected chi connectivity index (χ1v) is 9.00. The molecule has 0 bridgehead atoms. The average molecular weight is 338 g/mol. The Morgan fingerprint density at radius 2 is 1.60 bits per heavy atom. The van der Waals surface area contributed by atoms with Crippen molar-refractivity contribution < 1.29 is 9.53 Å². The molecule has 1 N–H and O–H groups in total. The molecule has 1 amide bonds. The Bertz CT molecular complexity index is 675. The van der Waals surface area contributed by atoms with E-state index >= 15 is 0 Å². The average Bonchev–Trinajstić information content (AvgIpc) is 2.63. The minimum absolute atomic E-state index is 0.106. The maximum Gasteiger partial charge on any atom is 0.253 e. The van der Waals surface area contributed by atoms with Crippen LogP contribution >= 0.6 is 0 Å². The number of carbonyl (C=O) groups is 1. The number of ether oxygens (including phenoxy) is 1. The number of nitrogens with one attached hydrogen (secondary N) is 1. The van der Waals surface area contributed by atoms with Gasteiger partial charge in [0.1, 0.15) is 11.5 Å². The van der Waals surface area contributed by atoms with Crippen molar-refractivity contribution in [3.8, 4) is 11.5 Å². The van der Waals surface area contributed by atoms with E-state index in [9.17, 15) is 4.79 Å². The third kappa shape index (κ3) is 4.83. The minimum atomic E-state index is 0.106. The Hall–Kier alpha value is -2.33. The van der Waals surface area contributed by atoms with Crippen molar-refractivity contribution in [1.82, 2.24) is 10.2 Å². The molecular weight excluding hydrogens is 312 g/mol. The molecule has 2 aromatic rings. The van der Waals surface area contributed by atoms with Crippen LogP contribution in [0.3, 0.4) is 0 Å². The highest BCUT2D eigenvalue weighted by Crippen LogP contribution is 2.22.